The fourth-order valence-corrected chi connectivity index (χ4v) is 0. The first-order valence-corrected chi connectivity index (χ1v) is 0. The monoisotopic (exact) mass is 206 g/mol. The summed E-state index contributed by atoms with van der Waals surface area (Å²) in [6.07, 6.45) is 0. The maximum Gasteiger partial charge on any atom is 2.00 e. The third kappa shape index (κ3) is 91.8. The van der Waals surface area contributed by atoms with Gasteiger partial charge < -0.3 is 27.4 Å². The summed E-state index contributed by atoms with van der Waals surface area (Å²) in [6.45, 7) is 0. The smallest absolute Gasteiger partial charge is 0.870 e. The standard InChI is InChI=1S/AsH3.Ca.5H2O/h1H3;;5*1H2/q;+2;;;;;/p-2. The van der Waals surface area contributed by atoms with Crippen molar-refractivity contribution in [2.75, 3.05) is 0 Å². The van der Waals surface area contributed by atoms with Crippen molar-refractivity contribution in [1.29, 1.82) is 0 Å². The quantitative estimate of drug-likeness (QED) is 0.367. The summed E-state index contributed by atoms with van der Waals surface area (Å²) in [4.78, 5) is 0. The van der Waals surface area contributed by atoms with Gasteiger partial charge >= 0.3 is 55.7 Å². The molecule has 0 amide bonds. The molecule has 0 rings (SSSR count). The van der Waals surface area contributed by atoms with Gasteiger partial charge in [0.15, 0.2) is 0 Å². The number of hydrogen-bond donors (Lipinski definition) is 0. The topological polar surface area (TPSA) is 154 Å². The van der Waals surface area contributed by atoms with Crippen molar-refractivity contribution >= 4 is 55.7 Å². The van der Waals surface area contributed by atoms with Crippen molar-refractivity contribution in [3.05, 3.63) is 0 Å². The minimum atomic E-state index is 0. The van der Waals surface area contributed by atoms with Crippen molar-refractivity contribution in [2.24, 2.45) is 0 Å². The molecule has 0 bridgehead atoms. The van der Waals surface area contributed by atoms with E-state index in [2.05, 4.69) is 0 Å². The van der Waals surface area contributed by atoms with Gasteiger partial charge in [0.2, 0.25) is 0 Å². The first-order chi connectivity index (χ1) is 0. The molecule has 0 aromatic rings. The molecule has 7 heavy (non-hydrogen) atoms. The van der Waals surface area contributed by atoms with E-state index in [1.165, 1.54) is 0 Å². The van der Waals surface area contributed by atoms with Crippen molar-refractivity contribution in [1.82, 2.24) is 0 Å². The van der Waals surface area contributed by atoms with Crippen LogP contribution in [0.1, 0.15) is 0 Å². The molecule has 8 N–H and O–H groups in total. The first kappa shape index (κ1) is 191. The van der Waals surface area contributed by atoms with Crippen LogP contribution in [0.15, 0.2) is 0 Å². The summed E-state index contributed by atoms with van der Waals surface area (Å²) < 4.78 is 0. The zero-order valence-electron chi connectivity index (χ0n) is 3.81. The van der Waals surface area contributed by atoms with E-state index < -0.39 is 0 Å². The molecule has 0 aliphatic rings. The molecule has 0 saturated carbocycles. The SMILES string of the molecule is O.O.O.[AsH3].[Ca+2].[OH-].[OH-]. The summed E-state index contributed by atoms with van der Waals surface area (Å²) in [6, 6.07) is 0. The molecule has 0 saturated heterocycles. The van der Waals surface area contributed by atoms with Gasteiger partial charge in [-0.1, -0.05) is 0 Å². The zero-order chi connectivity index (χ0) is 0. The molecule has 0 aromatic heterocycles. The molecule has 0 radical (unpaired) electrons. The van der Waals surface area contributed by atoms with E-state index in [0.717, 1.165) is 0 Å². The molecule has 0 fully saturated rings. The van der Waals surface area contributed by atoms with Crippen molar-refractivity contribution in [3.8, 4) is 0 Å². The molecule has 1 unspecified atom stereocenters. The van der Waals surface area contributed by atoms with Gasteiger partial charge in [-0.05, 0) is 0 Å². The van der Waals surface area contributed by atoms with Gasteiger partial charge in [-0.3, -0.25) is 0 Å². The summed E-state index contributed by atoms with van der Waals surface area (Å²) >= 11 is 0. The number of hydrogen-bond acceptors (Lipinski definition) is 2. The third-order valence-corrected chi connectivity index (χ3v) is 0. The first-order valence-electron chi connectivity index (χ1n) is 0. The van der Waals surface area contributed by atoms with Crippen LogP contribution in [-0.4, -0.2) is 83.1 Å². The van der Waals surface area contributed by atoms with Crippen molar-refractivity contribution in [3.63, 3.8) is 0 Å². The Kier molecular flexibility index (Phi) is 3480. The average molecular weight is 206 g/mol. The molecular weight excluding hydrogens is 195 g/mol. The van der Waals surface area contributed by atoms with Gasteiger partial charge in [0.05, 0.1) is 0 Å². The second-order valence-electron chi connectivity index (χ2n) is 0. The molecular formula is H11AsCaO5. The largest absolute Gasteiger partial charge is 2.00 e. The second-order valence-corrected chi connectivity index (χ2v) is 0. The van der Waals surface area contributed by atoms with Crippen LogP contribution in [0, 0.1) is 0 Å². The molecule has 0 heterocycles. The van der Waals surface area contributed by atoms with Crippen LogP contribution in [0.5, 0.6) is 0 Å². The Bertz CT molecular complexity index is 8.04. The zero-order valence-corrected chi connectivity index (χ0v) is 8.98. The van der Waals surface area contributed by atoms with E-state index in [9.17, 15) is 0 Å². The van der Waals surface area contributed by atoms with Crippen molar-refractivity contribution in [2.45, 2.75) is 0 Å². The van der Waals surface area contributed by atoms with Crippen molar-refractivity contribution < 1.29 is 27.4 Å². The molecule has 1 atom stereocenters. The van der Waals surface area contributed by atoms with Gasteiger partial charge in [-0.15, -0.1) is 0 Å². The molecule has 5 nitrogen and oxygen atoms in total. The van der Waals surface area contributed by atoms with Gasteiger partial charge in [-0.25, -0.2) is 0 Å². The van der Waals surface area contributed by atoms with Crippen LogP contribution in [0.2, 0.25) is 0 Å². The maximum atomic E-state index is 0. The molecule has 48 valence electrons. The Morgan fingerprint density at radius 1 is 0.571 bits per heavy atom. The predicted molar refractivity (Wildman–Crippen MR) is 30.4 cm³/mol. The Hall–Kier alpha value is 1.62. The normalized spacial score (nSPS) is 0. The summed E-state index contributed by atoms with van der Waals surface area (Å²) in [5.74, 6) is 0. The average Bonchev–Trinajstić information content (AvgIpc) is 0. The third-order valence-electron chi connectivity index (χ3n) is 0. The Labute approximate surface area is 82.3 Å². The Morgan fingerprint density at radius 2 is 0.571 bits per heavy atom. The van der Waals surface area contributed by atoms with Crippen LogP contribution in [0.4, 0.5) is 0 Å². The Morgan fingerprint density at radius 3 is 0.571 bits per heavy atom. The van der Waals surface area contributed by atoms with E-state index in [0.29, 0.717) is 0 Å². The summed E-state index contributed by atoms with van der Waals surface area (Å²) in [5, 5.41) is 0. The van der Waals surface area contributed by atoms with E-state index in [4.69, 9.17) is 0 Å². The summed E-state index contributed by atoms with van der Waals surface area (Å²) in [7, 11) is 0. The van der Waals surface area contributed by atoms with Gasteiger partial charge in [-0.2, -0.15) is 0 Å². The second kappa shape index (κ2) is 127. The minimum absolute atomic E-state index is 0. The summed E-state index contributed by atoms with van der Waals surface area (Å²) in [5.41, 5.74) is 0. The van der Waals surface area contributed by atoms with Crippen LogP contribution in [0.3, 0.4) is 0 Å². The molecule has 0 spiro atoms. The van der Waals surface area contributed by atoms with E-state index in [-0.39, 0.29) is 83.1 Å². The minimum Gasteiger partial charge on any atom is -0.870 e. The van der Waals surface area contributed by atoms with Gasteiger partial charge in [0.1, 0.15) is 0 Å². The van der Waals surface area contributed by atoms with Gasteiger partial charge in [0.25, 0.3) is 0 Å². The molecule has 0 aliphatic carbocycles. The maximum absolute atomic E-state index is 0. The molecule has 7 heteroatoms. The van der Waals surface area contributed by atoms with Crippen LogP contribution in [0.25, 0.3) is 0 Å². The fraction of sp³-hybridized carbons (Fsp3) is 0. The Balaban J connectivity index is 0. The van der Waals surface area contributed by atoms with Gasteiger partial charge in [0, 0.05) is 0 Å². The van der Waals surface area contributed by atoms with E-state index in [1.807, 2.05) is 0 Å². The van der Waals surface area contributed by atoms with E-state index >= 15 is 0 Å². The molecule has 0 aliphatic heterocycles. The fourth-order valence-electron chi connectivity index (χ4n) is 0. The van der Waals surface area contributed by atoms with E-state index in [1.54, 1.807) is 0 Å². The molecule has 0 aromatic carbocycles. The van der Waals surface area contributed by atoms with Crippen LogP contribution < -0.4 is 0 Å². The van der Waals surface area contributed by atoms with Crippen LogP contribution >= 0.6 is 0 Å². The van der Waals surface area contributed by atoms with Crippen LogP contribution in [-0.2, 0) is 0 Å². The number of rotatable bonds is 0. The predicted octanol–water partition coefficient (Wildman–Crippen LogP) is -4.39.